The molecule has 0 fully saturated rings. The molecule has 0 heterocycles. The van der Waals surface area contributed by atoms with Crippen molar-refractivity contribution in [1.29, 1.82) is 0 Å². The Bertz CT molecular complexity index is 803. The predicted molar refractivity (Wildman–Crippen MR) is 84.1 cm³/mol. The summed E-state index contributed by atoms with van der Waals surface area (Å²) in [4.78, 5) is 33.4. The summed E-state index contributed by atoms with van der Waals surface area (Å²) in [5.74, 6) is -1.71. The first kappa shape index (κ1) is 16.8. The van der Waals surface area contributed by atoms with Crippen LogP contribution in [-0.2, 0) is 4.79 Å². The zero-order valence-corrected chi connectivity index (χ0v) is 12.2. The minimum Gasteiger partial charge on any atom is -0.268 e. The number of halogens is 1. The minimum atomic E-state index is -0.628. The maximum Gasteiger partial charge on any atom is 0.270 e. The second kappa shape index (κ2) is 7.63. The number of hydrogen-bond acceptors (Lipinski definition) is 4. The predicted octanol–water partition coefficient (Wildman–Crippen LogP) is 2.21. The van der Waals surface area contributed by atoms with Gasteiger partial charge >= 0.3 is 0 Å². The van der Waals surface area contributed by atoms with E-state index in [1.165, 1.54) is 36.4 Å². The van der Waals surface area contributed by atoms with Crippen LogP contribution in [0.3, 0.4) is 0 Å². The van der Waals surface area contributed by atoms with Crippen molar-refractivity contribution in [2.24, 2.45) is 0 Å². The number of benzene rings is 2. The highest BCUT2D eigenvalue weighted by Crippen LogP contribution is 2.13. The van der Waals surface area contributed by atoms with Crippen molar-refractivity contribution < 1.29 is 18.9 Å². The van der Waals surface area contributed by atoms with Crippen LogP contribution in [0, 0.1) is 15.9 Å². The van der Waals surface area contributed by atoms with E-state index in [-0.39, 0.29) is 11.3 Å². The molecule has 7 nitrogen and oxygen atoms in total. The number of rotatable bonds is 4. The number of carbonyl (C=O) groups is 2. The Balaban J connectivity index is 1.91. The van der Waals surface area contributed by atoms with Crippen LogP contribution in [0.4, 0.5) is 10.1 Å². The fourth-order valence-corrected chi connectivity index (χ4v) is 1.75. The van der Waals surface area contributed by atoms with Gasteiger partial charge in [0.05, 0.1) is 4.92 Å². The average molecular weight is 329 g/mol. The van der Waals surface area contributed by atoms with Crippen LogP contribution >= 0.6 is 0 Å². The first-order chi connectivity index (χ1) is 11.5. The molecule has 0 aliphatic carbocycles. The van der Waals surface area contributed by atoms with Gasteiger partial charge in [0.2, 0.25) is 0 Å². The third-order valence-corrected chi connectivity index (χ3v) is 2.91. The monoisotopic (exact) mass is 329 g/mol. The van der Waals surface area contributed by atoms with Crippen molar-refractivity contribution in [2.75, 3.05) is 0 Å². The number of nitrogens with one attached hydrogen (secondary N) is 2. The van der Waals surface area contributed by atoms with Crippen LogP contribution in [0.15, 0.2) is 54.6 Å². The smallest absolute Gasteiger partial charge is 0.268 e. The van der Waals surface area contributed by atoms with E-state index >= 15 is 0 Å². The average Bonchev–Trinajstić information content (AvgIpc) is 2.58. The molecule has 0 aliphatic heterocycles. The number of carbonyl (C=O) groups excluding carboxylic acids is 2. The minimum absolute atomic E-state index is 0.0952. The molecule has 2 N–H and O–H groups in total. The van der Waals surface area contributed by atoms with Crippen LogP contribution in [0.2, 0.25) is 0 Å². The van der Waals surface area contributed by atoms with E-state index in [0.29, 0.717) is 5.56 Å². The maximum absolute atomic E-state index is 12.8. The zero-order chi connectivity index (χ0) is 17.5. The highest BCUT2D eigenvalue weighted by molar-refractivity contribution is 5.97. The normalized spacial score (nSPS) is 10.4. The summed E-state index contributed by atoms with van der Waals surface area (Å²) in [6, 6.07) is 10.5. The summed E-state index contributed by atoms with van der Waals surface area (Å²) < 4.78 is 12.8. The highest BCUT2D eigenvalue weighted by atomic mass is 19.1. The lowest BCUT2D eigenvalue weighted by Gasteiger charge is -2.05. The van der Waals surface area contributed by atoms with Crippen molar-refractivity contribution in [3.05, 3.63) is 81.7 Å². The summed E-state index contributed by atoms with van der Waals surface area (Å²) in [7, 11) is 0. The molecule has 0 radical (unpaired) electrons. The third kappa shape index (κ3) is 4.73. The fourth-order valence-electron chi connectivity index (χ4n) is 1.75. The Morgan fingerprint density at radius 2 is 1.79 bits per heavy atom. The molecule has 0 aliphatic rings. The van der Waals surface area contributed by atoms with Gasteiger partial charge in [-0.3, -0.25) is 30.6 Å². The third-order valence-electron chi connectivity index (χ3n) is 2.91. The van der Waals surface area contributed by atoms with Gasteiger partial charge in [-0.15, -0.1) is 0 Å². The number of non-ortho nitro benzene ring substituents is 1. The van der Waals surface area contributed by atoms with Gasteiger partial charge in [0.1, 0.15) is 5.82 Å². The van der Waals surface area contributed by atoms with Crippen molar-refractivity contribution in [3.63, 3.8) is 0 Å². The van der Waals surface area contributed by atoms with Crippen LogP contribution < -0.4 is 10.9 Å². The molecule has 122 valence electrons. The second-order valence-electron chi connectivity index (χ2n) is 4.64. The van der Waals surface area contributed by atoms with E-state index in [9.17, 15) is 24.1 Å². The topological polar surface area (TPSA) is 101 Å². The molecule has 2 aromatic rings. The zero-order valence-electron chi connectivity index (χ0n) is 12.2. The van der Waals surface area contributed by atoms with Crippen molar-refractivity contribution in [1.82, 2.24) is 10.9 Å². The molecule has 2 amide bonds. The lowest BCUT2D eigenvalue weighted by molar-refractivity contribution is -0.384. The number of nitro benzene ring substituents is 1. The second-order valence-corrected chi connectivity index (χ2v) is 4.64. The van der Waals surface area contributed by atoms with Gasteiger partial charge in [-0.1, -0.05) is 12.1 Å². The molecule has 0 unspecified atom stereocenters. The van der Waals surface area contributed by atoms with Crippen LogP contribution in [0.25, 0.3) is 6.08 Å². The van der Waals surface area contributed by atoms with E-state index in [4.69, 9.17) is 0 Å². The maximum atomic E-state index is 12.8. The first-order valence-electron chi connectivity index (χ1n) is 6.74. The lowest BCUT2D eigenvalue weighted by atomic mass is 10.2. The molecular weight excluding hydrogens is 317 g/mol. The summed E-state index contributed by atoms with van der Waals surface area (Å²) in [5.41, 5.74) is 4.86. The van der Waals surface area contributed by atoms with Crippen molar-refractivity contribution >= 4 is 23.6 Å². The molecule has 0 saturated carbocycles. The van der Waals surface area contributed by atoms with Gasteiger partial charge in [0, 0.05) is 23.8 Å². The molecule has 0 spiro atoms. The molecule has 0 aromatic heterocycles. The van der Waals surface area contributed by atoms with Gasteiger partial charge in [0.25, 0.3) is 17.5 Å². The molecule has 0 bridgehead atoms. The molecule has 24 heavy (non-hydrogen) atoms. The van der Waals surface area contributed by atoms with Crippen molar-refractivity contribution in [2.45, 2.75) is 0 Å². The first-order valence-corrected chi connectivity index (χ1v) is 6.74. The number of amides is 2. The van der Waals surface area contributed by atoms with E-state index in [1.807, 2.05) is 0 Å². The molecular formula is C16H12FN3O4. The van der Waals surface area contributed by atoms with Crippen LogP contribution in [0.1, 0.15) is 15.9 Å². The lowest BCUT2D eigenvalue weighted by Crippen LogP contribution is -2.40. The van der Waals surface area contributed by atoms with E-state index in [2.05, 4.69) is 10.9 Å². The number of nitrogens with zero attached hydrogens (tertiary/aromatic N) is 1. The highest BCUT2D eigenvalue weighted by Gasteiger charge is 2.06. The van der Waals surface area contributed by atoms with Gasteiger partial charge in [-0.05, 0) is 35.9 Å². The summed E-state index contributed by atoms with van der Waals surface area (Å²) in [6.45, 7) is 0. The van der Waals surface area contributed by atoms with Crippen LogP contribution in [-0.4, -0.2) is 16.7 Å². The number of hydrogen-bond donors (Lipinski definition) is 2. The van der Waals surface area contributed by atoms with Gasteiger partial charge in [-0.25, -0.2) is 4.39 Å². The standard InChI is InChI=1S/C16H12FN3O4/c17-13-7-5-12(6-8-13)16(22)19-18-15(21)9-4-11-2-1-3-14(10-11)20(23)24/h1-10H,(H,18,21)(H,19,22). The Labute approximate surface area is 135 Å². The Kier molecular flexibility index (Phi) is 5.35. The van der Waals surface area contributed by atoms with E-state index < -0.39 is 22.6 Å². The Morgan fingerprint density at radius 1 is 1.08 bits per heavy atom. The molecule has 0 saturated heterocycles. The van der Waals surface area contributed by atoms with Gasteiger partial charge < -0.3 is 0 Å². The Morgan fingerprint density at radius 3 is 2.46 bits per heavy atom. The molecule has 8 heteroatoms. The van der Waals surface area contributed by atoms with E-state index in [1.54, 1.807) is 6.07 Å². The molecule has 2 rings (SSSR count). The molecule has 2 aromatic carbocycles. The Hall–Kier alpha value is -3.55. The van der Waals surface area contributed by atoms with Gasteiger partial charge in [0.15, 0.2) is 0 Å². The summed E-state index contributed by atoms with van der Waals surface area (Å²) in [5, 5.41) is 10.7. The quantitative estimate of drug-likeness (QED) is 0.510. The van der Waals surface area contributed by atoms with Crippen LogP contribution in [0.5, 0.6) is 0 Å². The fraction of sp³-hybridized carbons (Fsp3) is 0. The largest absolute Gasteiger partial charge is 0.270 e. The van der Waals surface area contributed by atoms with Crippen molar-refractivity contribution in [3.8, 4) is 0 Å². The SMILES string of the molecule is O=C(C=Cc1cccc([N+](=O)[O-])c1)NNC(=O)c1ccc(F)cc1. The summed E-state index contributed by atoms with van der Waals surface area (Å²) >= 11 is 0. The number of nitro groups is 1. The van der Waals surface area contributed by atoms with Gasteiger partial charge in [-0.2, -0.15) is 0 Å². The number of hydrazine groups is 1. The molecule has 0 atom stereocenters. The summed E-state index contributed by atoms with van der Waals surface area (Å²) in [6.07, 6.45) is 2.48. The van der Waals surface area contributed by atoms with E-state index in [0.717, 1.165) is 18.2 Å².